The molecule has 1 saturated heterocycles. The highest BCUT2D eigenvalue weighted by atomic mass is 32.2. The third-order valence-electron chi connectivity index (χ3n) is 2.32. The van der Waals surface area contributed by atoms with Gasteiger partial charge in [0.25, 0.3) is 0 Å². The Labute approximate surface area is 110 Å². The first-order chi connectivity index (χ1) is 8.67. The highest BCUT2D eigenvalue weighted by molar-refractivity contribution is 7.88. The number of carbonyl (C=O) groups excluding carboxylic acids is 1. The van der Waals surface area contributed by atoms with Crippen LogP contribution in [0.3, 0.4) is 0 Å². The predicted octanol–water partition coefficient (Wildman–Crippen LogP) is -0.801. The average molecular weight is 296 g/mol. The normalized spacial score (nSPS) is 23.3. The van der Waals surface area contributed by atoms with Gasteiger partial charge in [0.1, 0.15) is 0 Å². The summed E-state index contributed by atoms with van der Waals surface area (Å²) in [4.78, 5) is 22.3. The zero-order chi connectivity index (χ0) is 14.7. The van der Waals surface area contributed by atoms with Crippen molar-refractivity contribution < 1.29 is 32.6 Å². The lowest BCUT2D eigenvalue weighted by molar-refractivity contribution is -0.144. The van der Waals surface area contributed by atoms with Crippen LogP contribution in [0.25, 0.3) is 0 Å². The quantitative estimate of drug-likeness (QED) is 0.605. The lowest BCUT2D eigenvalue weighted by Crippen LogP contribution is -2.58. The van der Waals surface area contributed by atoms with Crippen LogP contribution in [-0.2, 0) is 24.5 Å². The fourth-order valence-electron chi connectivity index (χ4n) is 1.49. The minimum absolute atomic E-state index is 0.0253. The van der Waals surface area contributed by atoms with Crippen molar-refractivity contribution in [3.63, 3.8) is 0 Å². The van der Waals surface area contributed by atoms with Gasteiger partial charge in [-0.05, 0) is 13.8 Å². The Balaban J connectivity index is 2.73. The van der Waals surface area contributed by atoms with E-state index in [1.165, 1.54) is 0 Å². The van der Waals surface area contributed by atoms with Crippen molar-refractivity contribution in [1.82, 2.24) is 9.44 Å². The van der Waals surface area contributed by atoms with Crippen molar-refractivity contribution in [2.45, 2.75) is 31.9 Å². The summed E-state index contributed by atoms with van der Waals surface area (Å²) in [5.41, 5.74) is -1.76. The van der Waals surface area contributed by atoms with Gasteiger partial charge in [-0.15, -0.1) is 0 Å². The summed E-state index contributed by atoms with van der Waals surface area (Å²) >= 11 is 0. The Hall–Kier alpha value is -1.39. The van der Waals surface area contributed by atoms with E-state index in [-0.39, 0.29) is 19.6 Å². The van der Waals surface area contributed by atoms with Crippen LogP contribution in [0.2, 0.25) is 0 Å². The van der Waals surface area contributed by atoms with Crippen LogP contribution in [0.15, 0.2) is 0 Å². The molecule has 10 heteroatoms. The average Bonchev–Trinajstić information content (AvgIpc) is 2.63. The smallest absolute Gasteiger partial charge is 0.422 e. The number of rotatable bonds is 5. The van der Waals surface area contributed by atoms with E-state index in [2.05, 4.69) is 4.74 Å². The number of carboxylic acids is 1. The number of hydrogen-bond acceptors (Lipinski definition) is 6. The predicted molar refractivity (Wildman–Crippen MR) is 62.6 cm³/mol. The second-order valence-electron chi connectivity index (χ2n) is 4.35. The minimum Gasteiger partial charge on any atom is -0.480 e. The molecule has 110 valence electrons. The molecule has 1 rings (SSSR count). The van der Waals surface area contributed by atoms with Crippen LogP contribution in [0.4, 0.5) is 4.79 Å². The molecule has 0 aliphatic carbocycles. The van der Waals surface area contributed by atoms with Gasteiger partial charge >= 0.3 is 22.3 Å². The topological polar surface area (TPSA) is 131 Å². The Morgan fingerprint density at radius 3 is 2.47 bits per heavy atom. The van der Waals surface area contributed by atoms with Crippen molar-refractivity contribution in [2.24, 2.45) is 0 Å². The van der Waals surface area contributed by atoms with Crippen LogP contribution in [0, 0.1) is 0 Å². The lowest BCUT2D eigenvalue weighted by atomic mass is 10.0. The summed E-state index contributed by atoms with van der Waals surface area (Å²) in [7, 11) is -4.35. The van der Waals surface area contributed by atoms with Crippen molar-refractivity contribution in [2.75, 3.05) is 13.2 Å². The van der Waals surface area contributed by atoms with Gasteiger partial charge < -0.3 is 14.6 Å². The van der Waals surface area contributed by atoms with E-state index in [1.54, 1.807) is 18.6 Å². The standard InChI is InChI=1S/C9H16N2O7S/c1-6(2)18-8(14)10-19(15,16)11-9(7(12)13)3-4-17-5-9/h6,11H,3-5H2,1-2H3,(H,10,14)(H,12,13). The molecule has 0 aromatic rings. The molecular weight excluding hydrogens is 280 g/mol. The molecule has 9 nitrogen and oxygen atoms in total. The van der Waals surface area contributed by atoms with Gasteiger partial charge in [-0.2, -0.15) is 13.1 Å². The third-order valence-corrected chi connectivity index (χ3v) is 3.42. The maximum atomic E-state index is 11.6. The number of ether oxygens (including phenoxy) is 2. The fourth-order valence-corrected chi connectivity index (χ4v) is 2.57. The second kappa shape index (κ2) is 5.72. The minimum atomic E-state index is -4.35. The molecule has 3 N–H and O–H groups in total. The van der Waals surface area contributed by atoms with Gasteiger partial charge in [0, 0.05) is 13.0 Å². The van der Waals surface area contributed by atoms with Crippen LogP contribution in [0.1, 0.15) is 20.3 Å². The molecule has 0 radical (unpaired) electrons. The Kier molecular flexibility index (Phi) is 4.71. The molecule has 1 heterocycles. The Bertz CT molecular complexity index is 453. The van der Waals surface area contributed by atoms with Gasteiger partial charge in [0.15, 0.2) is 5.54 Å². The van der Waals surface area contributed by atoms with E-state index in [9.17, 15) is 18.0 Å². The molecule has 0 bridgehead atoms. The summed E-state index contributed by atoms with van der Waals surface area (Å²) < 4.78 is 36.3. The fraction of sp³-hybridized carbons (Fsp3) is 0.778. The number of nitrogens with one attached hydrogen (secondary N) is 2. The number of amides is 1. The molecule has 0 aromatic heterocycles. The largest absolute Gasteiger partial charge is 0.480 e. The monoisotopic (exact) mass is 296 g/mol. The first kappa shape index (κ1) is 15.7. The second-order valence-corrected chi connectivity index (χ2v) is 5.77. The summed E-state index contributed by atoms with van der Waals surface area (Å²) in [5.74, 6) is -1.37. The first-order valence-electron chi connectivity index (χ1n) is 5.50. The Morgan fingerprint density at radius 1 is 1.42 bits per heavy atom. The number of hydrogen-bond donors (Lipinski definition) is 3. The van der Waals surface area contributed by atoms with E-state index in [0.29, 0.717) is 0 Å². The molecule has 1 fully saturated rings. The maximum Gasteiger partial charge on any atom is 0.422 e. The lowest BCUT2D eigenvalue weighted by Gasteiger charge is -2.23. The molecule has 1 aliphatic heterocycles. The van der Waals surface area contributed by atoms with Gasteiger partial charge in [-0.3, -0.25) is 4.79 Å². The van der Waals surface area contributed by atoms with E-state index >= 15 is 0 Å². The summed E-state index contributed by atoms with van der Waals surface area (Å²) in [5, 5.41) is 9.06. The number of aliphatic carboxylic acids is 1. The van der Waals surface area contributed by atoms with Gasteiger partial charge in [-0.1, -0.05) is 0 Å². The van der Waals surface area contributed by atoms with Crippen LogP contribution >= 0.6 is 0 Å². The summed E-state index contributed by atoms with van der Waals surface area (Å²) in [6.07, 6.45) is -1.71. The van der Waals surface area contributed by atoms with Crippen molar-refractivity contribution >= 4 is 22.3 Å². The molecule has 0 saturated carbocycles. The van der Waals surface area contributed by atoms with Gasteiger partial charge in [-0.25, -0.2) is 9.52 Å². The molecule has 19 heavy (non-hydrogen) atoms. The molecule has 1 aliphatic rings. The van der Waals surface area contributed by atoms with E-state index in [4.69, 9.17) is 9.84 Å². The van der Waals surface area contributed by atoms with Crippen molar-refractivity contribution in [1.29, 1.82) is 0 Å². The van der Waals surface area contributed by atoms with E-state index in [1.807, 2.05) is 4.72 Å². The van der Waals surface area contributed by atoms with Crippen molar-refractivity contribution in [3.05, 3.63) is 0 Å². The van der Waals surface area contributed by atoms with Crippen molar-refractivity contribution in [3.8, 4) is 0 Å². The maximum absolute atomic E-state index is 11.6. The Morgan fingerprint density at radius 2 is 2.05 bits per heavy atom. The molecule has 1 unspecified atom stereocenters. The molecule has 0 spiro atoms. The number of carboxylic acid groups (broad SMARTS) is 1. The summed E-state index contributed by atoms with van der Waals surface area (Å²) in [6, 6.07) is 0. The van der Waals surface area contributed by atoms with Crippen LogP contribution < -0.4 is 9.44 Å². The van der Waals surface area contributed by atoms with E-state index in [0.717, 1.165) is 0 Å². The molecule has 0 aromatic carbocycles. The van der Waals surface area contributed by atoms with E-state index < -0.39 is 33.9 Å². The summed E-state index contributed by atoms with van der Waals surface area (Å²) in [6.45, 7) is 2.90. The zero-order valence-electron chi connectivity index (χ0n) is 10.5. The van der Waals surface area contributed by atoms with Gasteiger partial charge in [0.2, 0.25) is 0 Å². The zero-order valence-corrected chi connectivity index (χ0v) is 11.3. The SMILES string of the molecule is CC(C)OC(=O)NS(=O)(=O)NC1(C(=O)O)CCOC1. The molecular formula is C9H16N2O7S. The molecule has 1 atom stereocenters. The van der Waals surface area contributed by atoms with Gasteiger partial charge in [0.05, 0.1) is 12.7 Å². The highest BCUT2D eigenvalue weighted by Gasteiger charge is 2.46. The third kappa shape index (κ3) is 4.33. The molecule has 1 amide bonds. The van der Waals surface area contributed by atoms with Crippen LogP contribution in [0.5, 0.6) is 0 Å². The first-order valence-corrected chi connectivity index (χ1v) is 6.99. The highest BCUT2D eigenvalue weighted by Crippen LogP contribution is 2.19. The number of carbonyl (C=O) groups is 2. The van der Waals surface area contributed by atoms with Crippen LogP contribution in [-0.4, -0.2) is 50.4 Å².